The summed E-state index contributed by atoms with van der Waals surface area (Å²) in [5.41, 5.74) is 1.70. The van der Waals surface area contributed by atoms with Gasteiger partial charge in [-0.15, -0.1) is 11.3 Å². The van der Waals surface area contributed by atoms with Gasteiger partial charge in [0.2, 0.25) is 15.9 Å². The summed E-state index contributed by atoms with van der Waals surface area (Å²) in [6.07, 6.45) is 1.41. The highest BCUT2D eigenvalue weighted by Gasteiger charge is 2.27. The van der Waals surface area contributed by atoms with Gasteiger partial charge < -0.3 is 9.42 Å². The number of thiophene rings is 1. The second-order valence-corrected chi connectivity index (χ2v) is 9.08. The van der Waals surface area contributed by atoms with Crippen molar-refractivity contribution in [1.82, 2.24) is 14.8 Å². The molecule has 2 aromatic rings. The minimum atomic E-state index is -3.52. The summed E-state index contributed by atoms with van der Waals surface area (Å²) in [5, 5.41) is 5.65. The molecular weight excluding hydrogens is 362 g/mol. The highest BCUT2D eigenvalue weighted by atomic mass is 32.2. The molecule has 1 fully saturated rings. The summed E-state index contributed by atoms with van der Waals surface area (Å²) < 4.78 is 32.9. The molecule has 1 N–H and O–H groups in total. The zero-order chi connectivity index (χ0) is 18.0. The van der Waals surface area contributed by atoms with Gasteiger partial charge in [0.25, 0.3) is 0 Å². The number of hydrogen-bond donors (Lipinski definition) is 1. The Labute approximate surface area is 151 Å². The summed E-state index contributed by atoms with van der Waals surface area (Å²) in [5.74, 6) is 0.738. The first-order valence-corrected chi connectivity index (χ1v) is 10.5. The molecule has 1 aliphatic heterocycles. The van der Waals surface area contributed by atoms with E-state index in [0.29, 0.717) is 42.3 Å². The highest BCUT2D eigenvalue weighted by Crippen LogP contribution is 2.21. The van der Waals surface area contributed by atoms with Crippen molar-refractivity contribution in [2.45, 2.75) is 49.9 Å². The van der Waals surface area contributed by atoms with Crippen molar-refractivity contribution in [2.75, 3.05) is 6.54 Å². The summed E-state index contributed by atoms with van der Waals surface area (Å²) in [6, 6.07) is 3.05. The number of nitrogens with one attached hydrogen (secondary N) is 1. The first-order chi connectivity index (χ1) is 11.9. The van der Waals surface area contributed by atoms with Crippen LogP contribution in [-0.4, -0.2) is 37.0 Å². The zero-order valence-electron chi connectivity index (χ0n) is 14.2. The molecule has 0 aromatic carbocycles. The van der Waals surface area contributed by atoms with Gasteiger partial charge in [-0.25, -0.2) is 13.1 Å². The molecule has 9 heteroatoms. The number of rotatable bonds is 5. The van der Waals surface area contributed by atoms with E-state index in [0.717, 1.165) is 11.3 Å². The minimum absolute atomic E-state index is 0.0258. The fourth-order valence-electron chi connectivity index (χ4n) is 2.93. The SMILES string of the molecule is Cc1noc(C)c1CN1CCC(NS(=O)(=O)c2cccs2)CCC1=O. The number of carbonyl (C=O) groups excluding carboxylic acids is 1. The van der Waals surface area contributed by atoms with Crippen molar-refractivity contribution in [1.29, 1.82) is 0 Å². The first-order valence-electron chi connectivity index (χ1n) is 8.12. The monoisotopic (exact) mass is 383 g/mol. The maximum absolute atomic E-state index is 12.4. The molecule has 0 saturated carbocycles. The van der Waals surface area contributed by atoms with Crippen LogP contribution < -0.4 is 4.72 Å². The molecule has 1 saturated heterocycles. The molecule has 0 aliphatic carbocycles. The molecule has 1 amide bonds. The molecule has 0 bridgehead atoms. The first kappa shape index (κ1) is 18.1. The molecule has 1 unspecified atom stereocenters. The van der Waals surface area contributed by atoms with E-state index in [-0.39, 0.29) is 11.9 Å². The average Bonchev–Trinajstić information content (AvgIpc) is 3.17. The third kappa shape index (κ3) is 4.10. The minimum Gasteiger partial charge on any atom is -0.361 e. The lowest BCUT2D eigenvalue weighted by Crippen LogP contribution is -2.35. The summed E-state index contributed by atoms with van der Waals surface area (Å²) in [4.78, 5) is 14.2. The predicted octanol–water partition coefficient (Wildman–Crippen LogP) is 2.21. The molecule has 136 valence electrons. The lowest BCUT2D eigenvalue weighted by Gasteiger charge is -2.21. The second-order valence-electron chi connectivity index (χ2n) is 6.20. The largest absolute Gasteiger partial charge is 0.361 e. The van der Waals surface area contributed by atoms with Gasteiger partial charge in [-0.1, -0.05) is 11.2 Å². The number of amides is 1. The third-order valence-corrected chi connectivity index (χ3v) is 7.34. The van der Waals surface area contributed by atoms with Crippen LogP contribution >= 0.6 is 11.3 Å². The van der Waals surface area contributed by atoms with Crippen LogP contribution in [0.4, 0.5) is 0 Å². The fraction of sp³-hybridized carbons (Fsp3) is 0.500. The Morgan fingerprint density at radius 2 is 2.20 bits per heavy atom. The number of hydrogen-bond acceptors (Lipinski definition) is 6. The second kappa shape index (κ2) is 7.27. The summed E-state index contributed by atoms with van der Waals surface area (Å²) in [7, 11) is -3.52. The quantitative estimate of drug-likeness (QED) is 0.854. The molecule has 25 heavy (non-hydrogen) atoms. The number of aromatic nitrogens is 1. The Kier molecular flexibility index (Phi) is 5.26. The van der Waals surface area contributed by atoms with E-state index in [4.69, 9.17) is 4.52 Å². The maximum Gasteiger partial charge on any atom is 0.250 e. The van der Waals surface area contributed by atoms with Crippen molar-refractivity contribution in [3.05, 3.63) is 34.5 Å². The molecule has 3 heterocycles. The van der Waals surface area contributed by atoms with Crippen molar-refractivity contribution in [3.8, 4) is 0 Å². The lowest BCUT2D eigenvalue weighted by molar-refractivity contribution is -0.131. The normalized spacial score (nSPS) is 19.2. The van der Waals surface area contributed by atoms with E-state index in [1.54, 1.807) is 22.4 Å². The van der Waals surface area contributed by atoms with Gasteiger partial charge in [0.05, 0.1) is 12.2 Å². The lowest BCUT2D eigenvalue weighted by atomic mass is 10.1. The summed E-state index contributed by atoms with van der Waals surface area (Å²) >= 11 is 1.19. The zero-order valence-corrected chi connectivity index (χ0v) is 15.8. The molecular formula is C16H21N3O4S2. The molecule has 0 radical (unpaired) electrons. The Bertz CT molecular complexity index is 823. The van der Waals surface area contributed by atoms with Gasteiger partial charge in [-0.05, 0) is 38.1 Å². The van der Waals surface area contributed by atoms with E-state index in [9.17, 15) is 13.2 Å². The van der Waals surface area contributed by atoms with Crippen LogP contribution in [0.3, 0.4) is 0 Å². The Morgan fingerprint density at radius 1 is 1.40 bits per heavy atom. The summed E-state index contributed by atoms with van der Waals surface area (Å²) in [6.45, 7) is 4.63. The van der Waals surface area contributed by atoms with Gasteiger partial charge in [-0.3, -0.25) is 4.79 Å². The Morgan fingerprint density at radius 3 is 2.84 bits per heavy atom. The van der Waals surface area contributed by atoms with Crippen LogP contribution in [0.15, 0.2) is 26.2 Å². The number of aryl methyl sites for hydroxylation is 2. The van der Waals surface area contributed by atoms with E-state index in [1.165, 1.54) is 11.3 Å². The highest BCUT2D eigenvalue weighted by molar-refractivity contribution is 7.91. The number of sulfonamides is 1. The van der Waals surface area contributed by atoms with E-state index < -0.39 is 10.0 Å². The van der Waals surface area contributed by atoms with Crippen molar-refractivity contribution in [3.63, 3.8) is 0 Å². The van der Waals surface area contributed by atoms with E-state index in [1.807, 2.05) is 13.8 Å². The molecule has 3 rings (SSSR count). The van der Waals surface area contributed by atoms with Crippen molar-refractivity contribution in [2.24, 2.45) is 0 Å². The topological polar surface area (TPSA) is 92.5 Å². The maximum atomic E-state index is 12.4. The molecule has 0 spiro atoms. The Hall–Kier alpha value is -1.71. The molecule has 7 nitrogen and oxygen atoms in total. The van der Waals surface area contributed by atoms with Gasteiger partial charge in [0.1, 0.15) is 9.97 Å². The van der Waals surface area contributed by atoms with E-state index in [2.05, 4.69) is 9.88 Å². The third-order valence-electron chi connectivity index (χ3n) is 4.42. The van der Waals surface area contributed by atoms with Gasteiger partial charge >= 0.3 is 0 Å². The van der Waals surface area contributed by atoms with Gasteiger partial charge in [0.15, 0.2) is 0 Å². The van der Waals surface area contributed by atoms with Crippen LogP contribution in [0.5, 0.6) is 0 Å². The van der Waals surface area contributed by atoms with Crippen LogP contribution in [0.25, 0.3) is 0 Å². The average molecular weight is 383 g/mol. The Balaban J connectivity index is 1.66. The van der Waals surface area contributed by atoms with Gasteiger partial charge in [0, 0.05) is 24.6 Å². The van der Waals surface area contributed by atoms with Crippen molar-refractivity contribution < 1.29 is 17.7 Å². The van der Waals surface area contributed by atoms with Crippen LogP contribution in [0.2, 0.25) is 0 Å². The smallest absolute Gasteiger partial charge is 0.250 e. The van der Waals surface area contributed by atoms with Crippen LogP contribution in [-0.2, 0) is 21.4 Å². The van der Waals surface area contributed by atoms with Crippen LogP contribution in [0, 0.1) is 13.8 Å². The number of nitrogens with zero attached hydrogens (tertiary/aromatic N) is 2. The number of carbonyl (C=O) groups is 1. The fourth-order valence-corrected chi connectivity index (χ4v) is 5.25. The van der Waals surface area contributed by atoms with Crippen LogP contribution in [0.1, 0.15) is 36.3 Å². The van der Waals surface area contributed by atoms with E-state index >= 15 is 0 Å². The molecule has 1 aliphatic rings. The number of likely N-dealkylation sites (tertiary alicyclic amines) is 1. The predicted molar refractivity (Wildman–Crippen MR) is 93.7 cm³/mol. The molecule has 1 atom stereocenters. The van der Waals surface area contributed by atoms with Gasteiger partial charge in [-0.2, -0.15) is 0 Å². The van der Waals surface area contributed by atoms with Crippen molar-refractivity contribution >= 4 is 27.3 Å². The molecule has 2 aromatic heterocycles. The standard InChI is InChI=1S/C16H21N3O4S2/c1-11-14(12(2)23-17-11)10-19-8-7-13(5-6-15(19)20)18-25(21,22)16-4-3-9-24-16/h3-4,9,13,18H,5-8,10H2,1-2H3.